The minimum absolute atomic E-state index is 0.452. The highest BCUT2D eigenvalue weighted by Crippen LogP contribution is 2.46. The van der Waals surface area contributed by atoms with Crippen LogP contribution in [0.15, 0.2) is 352 Å². The summed E-state index contributed by atoms with van der Waals surface area (Å²) in [5.74, 6) is 2.94. The second-order valence-electron chi connectivity index (χ2n) is 27.3. The van der Waals surface area contributed by atoms with Gasteiger partial charge in [0.05, 0.1) is 80.0 Å². The van der Waals surface area contributed by atoms with Crippen LogP contribution in [0.2, 0.25) is 0 Å². The third-order valence-corrected chi connectivity index (χ3v) is 20.8. The van der Waals surface area contributed by atoms with E-state index in [2.05, 4.69) is 167 Å². The van der Waals surface area contributed by atoms with Crippen LogP contribution in [0.25, 0.3) is 190 Å². The van der Waals surface area contributed by atoms with Gasteiger partial charge in [-0.2, -0.15) is 21.0 Å². The van der Waals surface area contributed by atoms with Gasteiger partial charge in [0.1, 0.15) is 0 Å². The lowest BCUT2D eigenvalue weighted by atomic mass is 9.95. The van der Waals surface area contributed by atoms with Gasteiger partial charge in [-0.15, -0.1) is 0 Å². The van der Waals surface area contributed by atoms with E-state index in [4.69, 9.17) is 29.9 Å². The van der Waals surface area contributed by atoms with Crippen molar-refractivity contribution in [2.75, 3.05) is 0 Å². The monoisotopic (exact) mass is 1430 g/mol. The molecule has 0 saturated carbocycles. The van der Waals surface area contributed by atoms with Crippen LogP contribution in [0, 0.1) is 45.3 Å². The Kier molecular flexibility index (Phi) is 16.8. The molecule has 4 aromatic heterocycles. The number of fused-ring (bicyclic) bond motifs is 6. The highest BCUT2D eigenvalue weighted by Gasteiger charge is 2.26. The number of hydrogen-bond donors (Lipinski definition) is 0. The summed E-state index contributed by atoms with van der Waals surface area (Å²) in [6.07, 6.45) is 0. The van der Waals surface area contributed by atoms with E-state index in [0.717, 1.165) is 155 Å². The molecular formula is C100H58N12. The number of nitrogens with zero attached hydrogens (tertiary/aromatic N) is 12. The fourth-order valence-electron chi connectivity index (χ4n) is 15.5. The maximum Gasteiger partial charge on any atom is 0.166 e. The summed E-state index contributed by atoms with van der Waals surface area (Å²) >= 11 is 0. The van der Waals surface area contributed by atoms with Crippen LogP contribution in [0.5, 0.6) is 0 Å². The molecule has 518 valence electrons. The van der Waals surface area contributed by atoms with Gasteiger partial charge in [-0.25, -0.2) is 29.9 Å². The van der Waals surface area contributed by atoms with Crippen molar-refractivity contribution in [2.24, 2.45) is 0 Å². The van der Waals surface area contributed by atoms with Crippen molar-refractivity contribution in [2.45, 2.75) is 0 Å². The van der Waals surface area contributed by atoms with Crippen LogP contribution in [-0.4, -0.2) is 39.0 Å². The van der Waals surface area contributed by atoms with Gasteiger partial charge in [-0.1, -0.05) is 249 Å². The zero-order chi connectivity index (χ0) is 75.2. The molecule has 19 rings (SSSR count). The molecule has 0 amide bonds. The molecule has 0 unspecified atom stereocenters. The lowest BCUT2D eigenvalue weighted by Crippen LogP contribution is -2.04. The van der Waals surface area contributed by atoms with E-state index in [1.165, 1.54) is 0 Å². The average molecular weight is 1430 g/mol. The van der Waals surface area contributed by atoms with Crippen LogP contribution in [0.3, 0.4) is 0 Å². The van der Waals surface area contributed by atoms with E-state index in [1.807, 2.05) is 218 Å². The molecule has 4 heterocycles. The first-order valence-electron chi connectivity index (χ1n) is 36.6. The van der Waals surface area contributed by atoms with Crippen LogP contribution < -0.4 is 0 Å². The average Bonchev–Trinajstić information content (AvgIpc) is 1.60. The van der Waals surface area contributed by atoms with E-state index < -0.39 is 0 Å². The van der Waals surface area contributed by atoms with Gasteiger partial charge < -0.3 is 9.13 Å². The number of aromatic nitrogens is 8. The molecule has 19 aromatic rings. The summed E-state index contributed by atoms with van der Waals surface area (Å²) in [6, 6.07) is 127. The van der Waals surface area contributed by atoms with E-state index in [9.17, 15) is 21.0 Å². The predicted molar refractivity (Wildman–Crippen MR) is 446 cm³/mol. The van der Waals surface area contributed by atoms with Gasteiger partial charge in [-0.05, 0) is 170 Å². The van der Waals surface area contributed by atoms with E-state index in [1.54, 1.807) is 0 Å². The lowest BCUT2D eigenvalue weighted by Gasteiger charge is -2.18. The molecule has 0 spiro atoms. The first-order chi connectivity index (χ1) is 55.3. The van der Waals surface area contributed by atoms with Gasteiger partial charge in [-0.3, -0.25) is 0 Å². The first-order valence-corrected chi connectivity index (χ1v) is 36.6. The Balaban J connectivity index is 0.836. The second kappa shape index (κ2) is 28.3. The fourth-order valence-corrected chi connectivity index (χ4v) is 15.5. The Labute approximate surface area is 644 Å². The molecule has 0 saturated heterocycles. The summed E-state index contributed by atoms with van der Waals surface area (Å²) in [6.45, 7) is 0. The molecular weight excluding hydrogens is 1370 g/mol. The predicted octanol–water partition coefficient (Wildman–Crippen LogP) is 23.7. The third kappa shape index (κ3) is 12.0. The van der Waals surface area contributed by atoms with Crippen molar-refractivity contribution in [3.05, 3.63) is 374 Å². The zero-order valence-electron chi connectivity index (χ0n) is 59.9. The van der Waals surface area contributed by atoms with Crippen molar-refractivity contribution >= 4 is 43.6 Å². The molecule has 0 radical (unpaired) electrons. The normalized spacial score (nSPS) is 11.2. The van der Waals surface area contributed by atoms with E-state index in [-0.39, 0.29) is 0 Å². The van der Waals surface area contributed by atoms with Gasteiger partial charge in [0.15, 0.2) is 34.9 Å². The smallest absolute Gasteiger partial charge is 0.166 e. The molecule has 0 aliphatic carbocycles. The van der Waals surface area contributed by atoms with Crippen LogP contribution in [0.1, 0.15) is 22.3 Å². The van der Waals surface area contributed by atoms with E-state index in [0.29, 0.717) is 57.2 Å². The number of nitriles is 4. The first kappa shape index (κ1) is 66.6. The Bertz CT molecular complexity index is 6410. The molecule has 12 heteroatoms. The second-order valence-corrected chi connectivity index (χ2v) is 27.3. The van der Waals surface area contributed by atoms with Crippen molar-refractivity contribution in [1.82, 2.24) is 39.0 Å². The van der Waals surface area contributed by atoms with Gasteiger partial charge in [0.2, 0.25) is 0 Å². The summed E-state index contributed by atoms with van der Waals surface area (Å²) in [7, 11) is 0. The molecule has 112 heavy (non-hydrogen) atoms. The number of hydrogen-bond acceptors (Lipinski definition) is 10. The molecule has 0 N–H and O–H groups in total. The van der Waals surface area contributed by atoms with Gasteiger partial charge in [0, 0.05) is 54.9 Å². The Morgan fingerprint density at radius 3 is 0.688 bits per heavy atom. The quantitative estimate of drug-likeness (QED) is 0.102. The molecule has 12 nitrogen and oxygen atoms in total. The highest BCUT2D eigenvalue weighted by molar-refractivity contribution is 6.14. The third-order valence-electron chi connectivity index (χ3n) is 20.8. The largest absolute Gasteiger partial charge is 0.308 e. The molecule has 0 atom stereocenters. The van der Waals surface area contributed by atoms with Crippen molar-refractivity contribution in [1.29, 1.82) is 21.0 Å². The number of rotatable bonds is 14. The Morgan fingerprint density at radius 2 is 0.411 bits per heavy atom. The SMILES string of the molecule is N#Cc1ccccc1-c1ccc2c(c1)c1cc(-c3ccccc3C#N)ccc1n2-c1ccc(-c2cccc(-c3ccc(-n4c5ccc(-c6ccccc6C#N)cc5c5cc(-c6ccccc6C#N)ccc54)c(-c4nc(-c5ccccc5)nc(-c5ccccc5)n4)c3)c2)cc1-c1nc(-c2ccccc2)nc(-c2ccccc2)n1. The topological polar surface area (TPSA) is 182 Å². The summed E-state index contributed by atoms with van der Waals surface area (Å²) < 4.78 is 4.56. The summed E-state index contributed by atoms with van der Waals surface area (Å²) in [4.78, 5) is 32.1. The zero-order valence-corrected chi connectivity index (χ0v) is 59.9. The molecule has 0 aliphatic rings. The summed E-state index contributed by atoms with van der Waals surface area (Å²) in [5.41, 5.74) is 22.7. The van der Waals surface area contributed by atoms with E-state index >= 15 is 0 Å². The Hall–Kier alpha value is -16.1. The standard InChI is InChI=1S/C100H58N12/c101-59-75-30-13-17-36-79(75)71-42-48-89-83(55-71)84-56-72(80-37-18-14-31-76(80)60-102)43-49-90(84)111(89)93-46-40-69(53-87(93)99-107-95(63-22-5-1-6-23-63)105-96(108-99)64-24-7-2-8-25-64)67-34-21-35-68(52-67)70-41-47-94(88(54-70)100-109-97(65-26-9-3-10-27-65)106-98(110-100)66-28-11-4-12-29-66)112-91-50-44-73(81-38-19-15-32-77(81)61-103)57-85(91)86-58-74(45-51-92(86)112)82-39-20-16-33-78(82)62-104/h1-58H. The van der Waals surface area contributed by atoms with Crippen LogP contribution >= 0.6 is 0 Å². The minimum atomic E-state index is 0.452. The van der Waals surface area contributed by atoms with Crippen molar-refractivity contribution in [3.8, 4) is 171 Å². The lowest BCUT2D eigenvalue weighted by molar-refractivity contribution is 1.06. The summed E-state index contributed by atoms with van der Waals surface area (Å²) in [5, 5.41) is 45.5. The Morgan fingerprint density at radius 1 is 0.179 bits per heavy atom. The molecule has 0 fully saturated rings. The minimum Gasteiger partial charge on any atom is -0.308 e. The molecule has 0 aliphatic heterocycles. The van der Waals surface area contributed by atoms with Crippen molar-refractivity contribution < 1.29 is 0 Å². The van der Waals surface area contributed by atoms with Gasteiger partial charge >= 0.3 is 0 Å². The molecule has 15 aromatic carbocycles. The number of benzene rings is 15. The molecule has 0 bridgehead atoms. The van der Waals surface area contributed by atoms with Crippen molar-refractivity contribution in [3.63, 3.8) is 0 Å². The fraction of sp³-hybridized carbons (Fsp3) is 0. The maximum absolute atomic E-state index is 10.4. The van der Waals surface area contributed by atoms with Crippen LogP contribution in [-0.2, 0) is 0 Å². The highest BCUT2D eigenvalue weighted by atomic mass is 15.1. The van der Waals surface area contributed by atoms with Crippen LogP contribution in [0.4, 0.5) is 0 Å². The van der Waals surface area contributed by atoms with Gasteiger partial charge in [0.25, 0.3) is 0 Å². The maximum atomic E-state index is 10.4.